The van der Waals surface area contributed by atoms with Gasteiger partial charge in [-0.05, 0) is 58.1 Å². The maximum atomic E-state index is 13.5. The molecule has 0 saturated heterocycles. The van der Waals surface area contributed by atoms with Gasteiger partial charge in [0.2, 0.25) is 0 Å². The summed E-state index contributed by atoms with van der Waals surface area (Å²) in [6, 6.07) is 8.33. The van der Waals surface area contributed by atoms with Gasteiger partial charge in [-0.15, -0.1) is 0 Å². The van der Waals surface area contributed by atoms with Gasteiger partial charge in [0.25, 0.3) is 0 Å². The second-order valence-electron chi connectivity index (χ2n) is 4.90. The van der Waals surface area contributed by atoms with Gasteiger partial charge in [0, 0.05) is 6.42 Å². The van der Waals surface area contributed by atoms with Crippen molar-refractivity contribution in [2.45, 2.75) is 26.4 Å². The van der Waals surface area contributed by atoms with E-state index in [0.29, 0.717) is 12.0 Å². The topological polar surface area (TPSA) is 20.2 Å². The predicted octanol–water partition coefficient (Wildman–Crippen LogP) is 4.62. The Balaban J connectivity index is 2.26. The van der Waals surface area contributed by atoms with E-state index in [1.807, 2.05) is 32.0 Å². The van der Waals surface area contributed by atoms with Crippen LogP contribution >= 0.6 is 15.9 Å². The molecule has 0 heterocycles. The standard InChI is InChI=1S/C16H15BrF2O/c1-9-3-4-11(7-10(9)2)8-14(20)12-5-6-13(18)16(19)15(12)17/h3-7,14,20H,8H2,1-2H3. The Morgan fingerprint density at radius 2 is 1.80 bits per heavy atom. The highest BCUT2D eigenvalue weighted by molar-refractivity contribution is 9.10. The lowest BCUT2D eigenvalue weighted by Crippen LogP contribution is -2.05. The van der Waals surface area contributed by atoms with E-state index in [2.05, 4.69) is 15.9 Å². The first kappa shape index (κ1) is 15.1. The van der Waals surface area contributed by atoms with Crippen molar-refractivity contribution in [3.8, 4) is 0 Å². The van der Waals surface area contributed by atoms with E-state index in [1.165, 1.54) is 11.6 Å². The third-order valence-electron chi connectivity index (χ3n) is 3.42. The maximum absolute atomic E-state index is 13.5. The normalized spacial score (nSPS) is 12.5. The van der Waals surface area contributed by atoms with Crippen LogP contribution in [0.2, 0.25) is 0 Å². The summed E-state index contributed by atoms with van der Waals surface area (Å²) < 4.78 is 26.5. The molecule has 1 atom stereocenters. The number of aryl methyl sites for hydroxylation is 2. The van der Waals surface area contributed by atoms with Crippen LogP contribution in [0.15, 0.2) is 34.8 Å². The van der Waals surface area contributed by atoms with Crippen LogP contribution in [0.4, 0.5) is 8.78 Å². The number of aliphatic hydroxyl groups excluding tert-OH is 1. The van der Waals surface area contributed by atoms with Gasteiger partial charge in [0.1, 0.15) is 0 Å². The number of benzene rings is 2. The quantitative estimate of drug-likeness (QED) is 0.808. The largest absolute Gasteiger partial charge is 0.388 e. The zero-order valence-corrected chi connectivity index (χ0v) is 12.8. The van der Waals surface area contributed by atoms with E-state index in [0.717, 1.165) is 17.2 Å². The molecule has 106 valence electrons. The third kappa shape index (κ3) is 3.07. The molecule has 0 aromatic heterocycles. The van der Waals surface area contributed by atoms with Gasteiger partial charge in [0.05, 0.1) is 10.6 Å². The van der Waals surface area contributed by atoms with Gasteiger partial charge in [-0.1, -0.05) is 24.3 Å². The first-order valence-electron chi connectivity index (χ1n) is 6.27. The van der Waals surface area contributed by atoms with Crippen molar-refractivity contribution in [3.05, 3.63) is 68.7 Å². The highest BCUT2D eigenvalue weighted by Crippen LogP contribution is 2.30. The second-order valence-corrected chi connectivity index (χ2v) is 5.70. The van der Waals surface area contributed by atoms with Gasteiger partial charge in [-0.25, -0.2) is 8.78 Å². The molecule has 0 saturated carbocycles. The van der Waals surface area contributed by atoms with Crippen molar-refractivity contribution in [2.75, 3.05) is 0 Å². The monoisotopic (exact) mass is 340 g/mol. The summed E-state index contributed by atoms with van der Waals surface area (Å²) in [7, 11) is 0. The Labute approximate surface area is 125 Å². The molecule has 0 fully saturated rings. The number of rotatable bonds is 3. The Hall–Kier alpha value is -1.26. The van der Waals surface area contributed by atoms with E-state index in [1.54, 1.807) is 0 Å². The molecular formula is C16H15BrF2O. The molecule has 0 spiro atoms. The summed E-state index contributed by atoms with van der Waals surface area (Å²) in [5, 5.41) is 10.2. The van der Waals surface area contributed by atoms with Crippen molar-refractivity contribution >= 4 is 15.9 Å². The van der Waals surface area contributed by atoms with Crippen LogP contribution in [-0.2, 0) is 6.42 Å². The molecule has 0 bridgehead atoms. The Kier molecular flexibility index (Phi) is 4.55. The molecule has 4 heteroatoms. The van der Waals surface area contributed by atoms with Crippen molar-refractivity contribution in [2.24, 2.45) is 0 Å². The summed E-state index contributed by atoms with van der Waals surface area (Å²) in [4.78, 5) is 0. The van der Waals surface area contributed by atoms with Crippen LogP contribution in [-0.4, -0.2) is 5.11 Å². The highest BCUT2D eigenvalue weighted by Gasteiger charge is 2.17. The lowest BCUT2D eigenvalue weighted by Gasteiger charge is -2.14. The molecule has 1 unspecified atom stereocenters. The van der Waals surface area contributed by atoms with Crippen LogP contribution in [0.25, 0.3) is 0 Å². The third-order valence-corrected chi connectivity index (χ3v) is 4.23. The number of hydrogen-bond donors (Lipinski definition) is 1. The summed E-state index contributed by atoms with van der Waals surface area (Å²) in [5.74, 6) is -1.90. The Morgan fingerprint density at radius 3 is 2.45 bits per heavy atom. The molecule has 0 aliphatic carbocycles. The zero-order valence-electron chi connectivity index (χ0n) is 11.3. The summed E-state index contributed by atoms with van der Waals surface area (Å²) in [5.41, 5.74) is 3.62. The average Bonchev–Trinajstić information content (AvgIpc) is 2.40. The van der Waals surface area contributed by atoms with E-state index in [-0.39, 0.29) is 4.47 Å². The number of halogens is 3. The minimum Gasteiger partial charge on any atom is -0.388 e. The average molecular weight is 341 g/mol. The second kappa shape index (κ2) is 6.02. The van der Waals surface area contributed by atoms with Gasteiger partial charge in [0.15, 0.2) is 11.6 Å². The lowest BCUT2D eigenvalue weighted by atomic mass is 9.98. The molecule has 2 aromatic carbocycles. The van der Waals surface area contributed by atoms with Crippen molar-refractivity contribution in [1.29, 1.82) is 0 Å². The molecule has 20 heavy (non-hydrogen) atoms. The highest BCUT2D eigenvalue weighted by atomic mass is 79.9. The van der Waals surface area contributed by atoms with Crippen LogP contribution in [0.1, 0.15) is 28.4 Å². The molecular weight excluding hydrogens is 326 g/mol. The maximum Gasteiger partial charge on any atom is 0.173 e. The van der Waals surface area contributed by atoms with Crippen LogP contribution in [0, 0.1) is 25.5 Å². The van der Waals surface area contributed by atoms with Gasteiger partial charge in [-0.2, -0.15) is 0 Å². The minimum absolute atomic E-state index is 0.0196. The molecule has 1 nitrogen and oxygen atoms in total. The van der Waals surface area contributed by atoms with Crippen LogP contribution in [0.5, 0.6) is 0 Å². The summed E-state index contributed by atoms with van der Waals surface area (Å²) >= 11 is 3.00. The van der Waals surface area contributed by atoms with Crippen molar-refractivity contribution in [3.63, 3.8) is 0 Å². The summed E-state index contributed by atoms with van der Waals surface area (Å²) in [6.45, 7) is 4.01. The van der Waals surface area contributed by atoms with Crippen molar-refractivity contribution < 1.29 is 13.9 Å². The molecule has 0 aliphatic heterocycles. The molecule has 1 N–H and O–H groups in total. The van der Waals surface area contributed by atoms with E-state index in [9.17, 15) is 13.9 Å². The molecule has 0 aliphatic rings. The van der Waals surface area contributed by atoms with E-state index >= 15 is 0 Å². The fourth-order valence-electron chi connectivity index (χ4n) is 2.06. The van der Waals surface area contributed by atoms with Crippen LogP contribution in [0.3, 0.4) is 0 Å². The van der Waals surface area contributed by atoms with Gasteiger partial charge >= 0.3 is 0 Å². The van der Waals surface area contributed by atoms with E-state index < -0.39 is 17.7 Å². The zero-order chi connectivity index (χ0) is 14.9. The number of aliphatic hydroxyl groups is 1. The lowest BCUT2D eigenvalue weighted by molar-refractivity contribution is 0.177. The molecule has 0 radical (unpaired) electrons. The fraction of sp³-hybridized carbons (Fsp3) is 0.250. The van der Waals surface area contributed by atoms with Gasteiger partial charge < -0.3 is 5.11 Å². The minimum atomic E-state index is -0.971. The predicted molar refractivity (Wildman–Crippen MR) is 78.6 cm³/mol. The number of hydrogen-bond acceptors (Lipinski definition) is 1. The van der Waals surface area contributed by atoms with Crippen molar-refractivity contribution in [1.82, 2.24) is 0 Å². The molecule has 2 aromatic rings. The van der Waals surface area contributed by atoms with E-state index in [4.69, 9.17) is 0 Å². The first-order chi connectivity index (χ1) is 9.40. The Bertz CT molecular complexity index is 641. The Morgan fingerprint density at radius 1 is 1.10 bits per heavy atom. The SMILES string of the molecule is Cc1ccc(CC(O)c2ccc(F)c(F)c2Br)cc1C. The van der Waals surface area contributed by atoms with Crippen LogP contribution < -0.4 is 0 Å². The first-order valence-corrected chi connectivity index (χ1v) is 7.07. The molecule has 2 rings (SSSR count). The molecule has 0 amide bonds. The van der Waals surface area contributed by atoms with Gasteiger partial charge in [-0.3, -0.25) is 0 Å². The fourth-order valence-corrected chi connectivity index (χ4v) is 2.65. The summed E-state index contributed by atoms with van der Waals surface area (Å²) in [6.07, 6.45) is -0.535. The smallest absolute Gasteiger partial charge is 0.173 e.